The summed E-state index contributed by atoms with van der Waals surface area (Å²) in [6.45, 7) is 2.28. The van der Waals surface area contributed by atoms with E-state index in [-0.39, 0.29) is 17.4 Å². The minimum absolute atomic E-state index is 0.0491. The normalized spacial score (nSPS) is 19.0. The number of carboxylic acid groups (broad SMARTS) is 2. The van der Waals surface area contributed by atoms with Gasteiger partial charge in [-0.05, 0) is 29.8 Å². The summed E-state index contributed by atoms with van der Waals surface area (Å²) in [4.78, 5) is 22.1. The number of thioether (sulfide) groups is 1. The molecule has 16 heteroatoms. The maximum atomic E-state index is 14.7. The zero-order valence-corrected chi connectivity index (χ0v) is 25.4. The number of allylic oxidation sites excluding steroid dienone is 4. The maximum Gasteiger partial charge on any atom is 0.416 e. The van der Waals surface area contributed by atoms with Crippen molar-refractivity contribution < 1.29 is 56.3 Å². The van der Waals surface area contributed by atoms with Crippen molar-refractivity contribution >= 4 is 29.8 Å². The molecule has 0 bridgehead atoms. The average molecular weight is 684 g/mol. The van der Waals surface area contributed by atoms with E-state index in [0.29, 0.717) is 18.8 Å². The number of aromatic nitrogens is 3. The summed E-state index contributed by atoms with van der Waals surface area (Å²) in [5.41, 5.74) is -1.84. The van der Waals surface area contributed by atoms with Crippen molar-refractivity contribution in [3.63, 3.8) is 0 Å². The molecule has 0 aliphatic carbocycles. The first-order valence-corrected chi connectivity index (χ1v) is 14.7. The van der Waals surface area contributed by atoms with Gasteiger partial charge in [0.15, 0.2) is 6.29 Å². The predicted octanol–water partition coefficient (Wildman–Crippen LogP) is 5.31. The summed E-state index contributed by atoms with van der Waals surface area (Å²) < 4.78 is 79.1. The molecule has 0 saturated carbocycles. The summed E-state index contributed by atoms with van der Waals surface area (Å²) in [7, 11) is 0. The highest BCUT2D eigenvalue weighted by atomic mass is 32.2. The largest absolute Gasteiger partial charge is 0.473 e. The van der Waals surface area contributed by atoms with Crippen LogP contribution in [0.15, 0.2) is 85.5 Å². The highest BCUT2D eigenvalue weighted by Crippen LogP contribution is 2.38. The number of hydrogen-bond donors (Lipinski definition) is 3. The molecule has 2 heterocycles. The van der Waals surface area contributed by atoms with Crippen molar-refractivity contribution in [3.05, 3.63) is 114 Å². The number of carboxylic acids is 2. The molecule has 252 valence electrons. The number of hydrogen-bond acceptors (Lipinski definition) is 8. The second-order valence-corrected chi connectivity index (χ2v) is 11.6. The molecule has 1 aliphatic heterocycles. The lowest BCUT2D eigenvalue weighted by molar-refractivity contribution is -0.159. The number of rotatable bonds is 10. The molecule has 0 radical (unpaired) electrons. The third-order valence-corrected chi connectivity index (χ3v) is 8.00. The highest BCUT2D eigenvalue weighted by molar-refractivity contribution is 8.00. The van der Waals surface area contributed by atoms with Crippen LogP contribution in [0.3, 0.4) is 0 Å². The van der Waals surface area contributed by atoms with Crippen LogP contribution < -0.4 is 0 Å². The molecule has 1 aliphatic rings. The van der Waals surface area contributed by atoms with Crippen LogP contribution in [0.25, 0.3) is 6.08 Å². The Hall–Kier alpha value is -4.38. The zero-order chi connectivity index (χ0) is 34.6. The Morgan fingerprint density at radius 3 is 2.21 bits per heavy atom. The highest BCUT2D eigenvalue weighted by Gasteiger charge is 2.41. The van der Waals surface area contributed by atoms with Gasteiger partial charge in [0.25, 0.3) is 0 Å². The molecule has 1 aromatic heterocycles. The first-order valence-electron chi connectivity index (χ1n) is 13.7. The molecule has 10 nitrogen and oxygen atoms in total. The van der Waals surface area contributed by atoms with Crippen LogP contribution in [0.1, 0.15) is 23.6 Å². The predicted molar refractivity (Wildman–Crippen MR) is 161 cm³/mol. The van der Waals surface area contributed by atoms with Gasteiger partial charge in [-0.25, -0.2) is 28.0 Å². The minimum atomic E-state index is -4.36. The number of aliphatic carboxylic acids is 2. The van der Waals surface area contributed by atoms with Crippen molar-refractivity contribution in [1.29, 1.82) is 0 Å². The number of aliphatic hydroxyl groups is 1. The van der Waals surface area contributed by atoms with Gasteiger partial charge in [0.1, 0.15) is 29.9 Å². The quantitative estimate of drug-likeness (QED) is 0.146. The first kappa shape index (κ1) is 37.1. The molecule has 3 aromatic rings. The van der Waals surface area contributed by atoms with Crippen LogP contribution in [-0.4, -0.2) is 72.0 Å². The van der Waals surface area contributed by atoms with Crippen LogP contribution in [0.2, 0.25) is 0 Å². The Kier molecular flexibility index (Phi) is 13.4. The molecular formula is C31H30F5N3O7S. The zero-order valence-electron chi connectivity index (χ0n) is 24.6. The SMILES string of the molecule is C[C@@H](SC1COC(/C=C/C=C/C=C/c2ccc(C(F)(F)F)cc2)OC1)[C@](O)(Cn1cncn1)c1ccc(F)cc1F.O=C(O)C(=O)O. The number of halogens is 5. The number of ether oxygens (including phenoxy) is 2. The van der Waals surface area contributed by atoms with Crippen LogP contribution >= 0.6 is 11.8 Å². The Balaban J connectivity index is 0.000000913. The summed E-state index contributed by atoms with van der Waals surface area (Å²) in [6, 6.07) is 7.94. The fourth-order valence-corrected chi connectivity index (χ4v) is 5.48. The summed E-state index contributed by atoms with van der Waals surface area (Å²) in [5, 5.41) is 29.7. The Bertz CT molecular complexity index is 1550. The van der Waals surface area contributed by atoms with Crippen molar-refractivity contribution in [2.24, 2.45) is 0 Å². The van der Waals surface area contributed by atoms with Gasteiger partial charge in [-0.1, -0.05) is 55.5 Å². The van der Waals surface area contributed by atoms with Crippen molar-refractivity contribution in [1.82, 2.24) is 14.8 Å². The maximum absolute atomic E-state index is 14.7. The van der Waals surface area contributed by atoms with E-state index in [9.17, 15) is 27.1 Å². The van der Waals surface area contributed by atoms with Gasteiger partial charge in [-0.3, -0.25) is 0 Å². The molecular weight excluding hydrogens is 653 g/mol. The van der Waals surface area contributed by atoms with Gasteiger partial charge in [0.2, 0.25) is 0 Å². The molecule has 0 amide bonds. The van der Waals surface area contributed by atoms with Gasteiger partial charge in [-0.15, -0.1) is 11.8 Å². The van der Waals surface area contributed by atoms with E-state index in [1.807, 2.05) is 0 Å². The molecule has 2 atom stereocenters. The van der Waals surface area contributed by atoms with Gasteiger partial charge in [0, 0.05) is 16.9 Å². The Labute approximate surface area is 269 Å². The number of carbonyl (C=O) groups is 2. The van der Waals surface area contributed by atoms with Crippen LogP contribution in [0.5, 0.6) is 0 Å². The number of alkyl halides is 3. The third-order valence-electron chi connectivity index (χ3n) is 6.54. The van der Waals surface area contributed by atoms with E-state index in [1.165, 1.54) is 47.3 Å². The van der Waals surface area contributed by atoms with Crippen LogP contribution in [0.4, 0.5) is 22.0 Å². The number of benzene rings is 2. The minimum Gasteiger partial charge on any atom is -0.473 e. The molecule has 0 unspecified atom stereocenters. The first-order chi connectivity index (χ1) is 22.2. The molecule has 1 fully saturated rings. The standard InChI is InChI=1S/C29H28F5N3O3S.C2H2O4/c1-20(28(38,17-37-19-35-18-36-37)25-13-12-23(30)14-26(25)31)41-24-15-39-27(40-16-24)7-5-3-2-4-6-21-8-10-22(11-9-21)29(32,33)34;3-1(4)2(5)6/h2-14,18-20,24,27,38H,15-17H2,1H3;(H,3,4)(H,5,6)/b3-2+,6-4+,7-5+;/t20-,24?,27?,28-;/m1./s1. The third kappa shape index (κ3) is 11.4. The monoisotopic (exact) mass is 683 g/mol. The summed E-state index contributed by atoms with van der Waals surface area (Å²) >= 11 is 1.36. The van der Waals surface area contributed by atoms with Gasteiger partial charge in [0.05, 0.1) is 30.6 Å². The summed E-state index contributed by atoms with van der Waals surface area (Å²) in [5.74, 6) is -5.25. The van der Waals surface area contributed by atoms with Gasteiger partial charge in [-0.2, -0.15) is 18.3 Å². The van der Waals surface area contributed by atoms with Gasteiger partial charge < -0.3 is 24.8 Å². The second kappa shape index (κ2) is 17.0. The van der Waals surface area contributed by atoms with Crippen LogP contribution in [0, 0.1) is 11.6 Å². The second-order valence-electron chi connectivity index (χ2n) is 9.94. The smallest absolute Gasteiger partial charge is 0.416 e. The fourth-order valence-electron chi connectivity index (χ4n) is 4.16. The van der Waals surface area contributed by atoms with E-state index in [4.69, 9.17) is 29.3 Å². The van der Waals surface area contributed by atoms with E-state index in [2.05, 4.69) is 10.1 Å². The molecule has 3 N–H and O–H groups in total. The van der Waals surface area contributed by atoms with E-state index in [0.717, 1.165) is 24.3 Å². The Morgan fingerprint density at radius 2 is 1.66 bits per heavy atom. The molecule has 1 saturated heterocycles. The van der Waals surface area contributed by atoms with Crippen LogP contribution in [-0.2, 0) is 37.4 Å². The Morgan fingerprint density at radius 1 is 1.02 bits per heavy atom. The van der Waals surface area contributed by atoms with E-state index < -0.39 is 52.5 Å². The fraction of sp³-hybridized carbons (Fsp3) is 0.290. The van der Waals surface area contributed by atoms with Crippen molar-refractivity contribution in [2.45, 2.75) is 42.0 Å². The lowest BCUT2D eigenvalue weighted by Crippen LogP contribution is -2.43. The van der Waals surface area contributed by atoms with Crippen molar-refractivity contribution in [3.8, 4) is 0 Å². The van der Waals surface area contributed by atoms with E-state index >= 15 is 0 Å². The molecule has 0 spiro atoms. The lowest BCUT2D eigenvalue weighted by Gasteiger charge is -2.37. The van der Waals surface area contributed by atoms with Gasteiger partial charge >= 0.3 is 18.1 Å². The molecule has 47 heavy (non-hydrogen) atoms. The molecule has 2 aromatic carbocycles. The average Bonchev–Trinajstić information content (AvgIpc) is 3.52. The lowest BCUT2D eigenvalue weighted by atomic mass is 9.90. The van der Waals surface area contributed by atoms with E-state index in [1.54, 1.807) is 43.4 Å². The number of nitrogens with zero attached hydrogens (tertiary/aromatic N) is 3. The van der Waals surface area contributed by atoms with Crippen molar-refractivity contribution in [2.75, 3.05) is 13.2 Å². The topological polar surface area (TPSA) is 144 Å². The molecule has 4 rings (SSSR count). The summed E-state index contributed by atoms with van der Waals surface area (Å²) in [6.07, 6.45) is 8.05.